The molecule has 0 atom stereocenters. The van der Waals surface area contributed by atoms with Crippen molar-refractivity contribution in [3.63, 3.8) is 0 Å². The van der Waals surface area contributed by atoms with E-state index in [1.165, 1.54) is 0 Å². The highest BCUT2D eigenvalue weighted by atomic mass is 16.1. The van der Waals surface area contributed by atoms with Crippen LogP contribution in [0.25, 0.3) is 0 Å². The molecule has 0 aliphatic carbocycles. The third kappa shape index (κ3) is 3.04. The summed E-state index contributed by atoms with van der Waals surface area (Å²) >= 11 is 0. The summed E-state index contributed by atoms with van der Waals surface area (Å²) in [5.74, 6) is 5.23. The van der Waals surface area contributed by atoms with Gasteiger partial charge in [0.1, 0.15) is 0 Å². The zero-order valence-corrected chi connectivity index (χ0v) is 7.42. The molecule has 1 aliphatic rings. The molecule has 1 heterocycles. The number of hydrogen-bond donors (Lipinski definition) is 0. The van der Waals surface area contributed by atoms with Crippen LogP contribution in [0.15, 0.2) is 0 Å². The van der Waals surface area contributed by atoms with E-state index >= 15 is 0 Å². The number of likely N-dealkylation sites (N-methyl/N-ethyl adjacent to an activating group) is 1. The number of aldehydes is 1. The molecule has 0 aromatic heterocycles. The molecule has 1 saturated heterocycles. The number of rotatable bonds is 1. The van der Waals surface area contributed by atoms with E-state index in [4.69, 9.17) is 0 Å². The summed E-state index contributed by atoms with van der Waals surface area (Å²) in [6.45, 7) is 5.05. The third-order valence-corrected chi connectivity index (χ3v) is 2.06. The fourth-order valence-corrected chi connectivity index (χ4v) is 1.21. The van der Waals surface area contributed by atoms with Gasteiger partial charge in [-0.1, -0.05) is 5.92 Å². The monoisotopic (exact) mass is 166 g/mol. The Morgan fingerprint density at radius 2 is 2.00 bits per heavy atom. The van der Waals surface area contributed by atoms with E-state index in [0.29, 0.717) is 6.29 Å². The zero-order valence-electron chi connectivity index (χ0n) is 7.42. The summed E-state index contributed by atoms with van der Waals surface area (Å²) < 4.78 is 0. The highest BCUT2D eigenvalue weighted by Crippen LogP contribution is 1.96. The maximum atomic E-state index is 9.90. The first-order valence-corrected chi connectivity index (χ1v) is 4.16. The number of nitrogens with zero attached hydrogens (tertiary/aromatic N) is 2. The molecular formula is C9H14N2O. The smallest absolute Gasteiger partial charge is 0.192 e. The van der Waals surface area contributed by atoms with Gasteiger partial charge in [-0.2, -0.15) is 0 Å². The van der Waals surface area contributed by atoms with Crippen molar-refractivity contribution in [1.29, 1.82) is 0 Å². The molecule has 0 aromatic rings. The molecule has 0 N–H and O–H groups in total. The van der Waals surface area contributed by atoms with Crippen LogP contribution in [-0.4, -0.2) is 55.9 Å². The molecule has 1 fully saturated rings. The van der Waals surface area contributed by atoms with Crippen LogP contribution in [0.3, 0.4) is 0 Å². The Kier molecular flexibility index (Phi) is 3.78. The molecule has 3 nitrogen and oxygen atoms in total. The van der Waals surface area contributed by atoms with E-state index in [1.54, 1.807) is 0 Å². The van der Waals surface area contributed by atoms with Gasteiger partial charge in [-0.3, -0.25) is 9.69 Å². The topological polar surface area (TPSA) is 23.6 Å². The number of carbonyl (C=O) groups excluding carboxylic acids is 1. The van der Waals surface area contributed by atoms with E-state index in [-0.39, 0.29) is 0 Å². The quantitative estimate of drug-likeness (QED) is 0.385. The first-order chi connectivity index (χ1) is 5.83. The van der Waals surface area contributed by atoms with Gasteiger partial charge in [0.2, 0.25) is 0 Å². The van der Waals surface area contributed by atoms with Crippen LogP contribution in [0.5, 0.6) is 0 Å². The lowest BCUT2D eigenvalue weighted by atomic mass is 10.3. The molecule has 0 unspecified atom stereocenters. The molecule has 0 saturated carbocycles. The number of carbonyl (C=O) groups is 1. The summed E-state index contributed by atoms with van der Waals surface area (Å²) in [5.41, 5.74) is 0. The molecule has 0 aromatic carbocycles. The van der Waals surface area contributed by atoms with Gasteiger partial charge in [0.15, 0.2) is 6.29 Å². The second kappa shape index (κ2) is 4.91. The highest BCUT2D eigenvalue weighted by molar-refractivity contribution is 5.72. The minimum atomic E-state index is 0.649. The van der Waals surface area contributed by atoms with Gasteiger partial charge in [0.25, 0.3) is 0 Å². The second-order valence-electron chi connectivity index (χ2n) is 3.02. The van der Waals surface area contributed by atoms with Crippen LogP contribution >= 0.6 is 0 Å². The normalized spacial score (nSPS) is 19.8. The Morgan fingerprint density at radius 1 is 1.33 bits per heavy atom. The van der Waals surface area contributed by atoms with Crippen LogP contribution in [0.1, 0.15) is 0 Å². The number of hydrogen-bond acceptors (Lipinski definition) is 3. The summed E-state index contributed by atoms with van der Waals surface area (Å²) in [6.07, 6.45) is 0.649. The Morgan fingerprint density at radius 3 is 2.58 bits per heavy atom. The third-order valence-electron chi connectivity index (χ3n) is 2.06. The van der Waals surface area contributed by atoms with Crippen LogP contribution in [-0.2, 0) is 4.79 Å². The van der Waals surface area contributed by atoms with Gasteiger partial charge in [-0.15, -0.1) is 0 Å². The molecule has 0 amide bonds. The summed E-state index contributed by atoms with van der Waals surface area (Å²) in [4.78, 5) is 14.5. The fraction of sp³-hybridized carbons (Fsp3) is 0.667. The predicted molar refractivity (Wildman–Crippen MR) is 47.8 cm³/mol. The molecule has 1 aliphatic heterocycles. The van der Waals surface area contributed by atoms with Crippen molar-refractivity contribution < 1.29 is 4.79 Å². The van der Waals surface area contributed by atoms with Crippen LogP contribution < -0.4 is 0 Å². The molecule has 0 bridgehead atoms. The van der Waals surface area contributed by atoms with E-state index in [9.17, 15) is 4.79 Å². The standard InChI is InChI=1S/C9H14N2O/c1-10-5-7-11(8-6-10)4-2-3-9-12/h9H,4-8H2,1H3. The largest absolute Gasteiger partial charge is 0.304 e. The van der Waals surface area contributed by atoms with E-state index in [1.807, 2.05) is 0 Å². The van der Waals surface area contributed by atoms with Crippen LogP contribution in [0.4, 0.5) is 0 Å². The minimum absolute atomic E-state index is 0.649. The predicted octanol–water partition coefficient (Wildman–Crippen LogP) is -0.564. The molecule has 66 valence electrons. The van der Waals surface area contributed by atoms with Gasteiger partial charge in [0.05, 0.1) is 6.54 Å². The lowest BCUT2D eigenvalue weighted by Crippen LogP contribution is -2.44. The Balaban J connectivity index is 2.21. The molecule has 3 heteroatoms. The van der Waals surface area contributed by atoms with Gasteiger partial charge >= 0.3 is 0 Å². The molecule has 0 spiro atoms. The average molecular weight is 166 g/mol. The fourth-order valence-electron chi connectivity index (χ4n) is 1.21. The molecule has 0 radical (unpaired) electrons. The summed E-state index contributed by atoms with van der Waals surface area (Å²) in [5, 5.41) is 0. The number of piperazine rings is 1. The van der Waals surface area contributed by atoms with Gasteiger partial charge in [-0.25, -0.2) is 0 Å². The van der Waals surface area contributed by atoms with Crippen LogP contribution in [0, 0.1) is 11.8 Å². The second-order valence-corrected chi connectivity index (χ2v) is 3.02. The van der Waals surface area contributed by atoms with Crippen molar-refractivity contribution in [2.24, 2.45) is 0 Å². The first-order valence-electron chi connectivity index (χ1n) is 4.16. The summed E-state index contributed by atoms with van der Waals surface area (Å²) in [6, 6.07) is 0. The lowest BCUT2D eigenvalue weighted by Gasteiger charge is -2.30. The zero-order chi connectivity index (χ0) is 8.81. The van der Waals surface area contributed by atoms with Crippen molar-refractivity contribution >= 4 is 6.29 Å². The maximum absolute atomic E-state index is 9.90. The highest BCUT2D eigenvalue weighted by Gasteiger charge is 2.11. The molecule has 1 rings (SSSR count). The Hall–Kier alpha value is -0.850. The molecule has 12 heavy (non-hydrogen) atoms. The Bertz CT molecular complexity index is 196. The average Bonchev–Trinajstić information content (AvgIpc) is 2.09. The Labute approximate surface area is 73.3 Å². The van der Waals surface area contributed by atoms with Gasteiger partial charge in [0, 0.05) is 26.2 Å². The summed E-state index contributed by atoms with van der Waals surface area (Å²) in [7, 11) is 2.12. The minimum Gasteiger partial charge on any atom is -0.304 e. The first kappa shape index (κ1) is 9.24. The van der Waals surface area contributed by atoms with Gasteiger partial charge in [-0.05, 0) is 13.0 Å². The van der Waals surface area contributed by atoms with Crippen molar-refractivity contribution in [3.05, 3.63) is 0 Å². The van der Waals surface area contributed by atoms with Crippen molar-refractivity contribution in [3.8, 4) is 11.8 Å². The van der Waals surface area contributed by atoms with Crippen molar-refractivity contribution in [1.82, 2.24) is 9.80 Å². The van der Waals surface area contributed by atoms with E-state index in [0.717, 1.165) is 32.7 Å². The van der Waals surface area contributed by atoms with Crippen LogP contribution in [0.2, 0.25) is 0 Å². The molecular weight excluding hydrogens is 152 g/mol. The van der Waals surface area contributed by atoms with E-state index in [2.05, 4.69) is 28.7 Å². The lowest BCUT2D eigenvalue weighted by molar-refractivity contribution is -0.103. The van der Waals surface area contributed by atoms with E-state index < -0.39 is 0 Å². The SMILES string of the molecule is CN1CCN(CC#CC=O)CC1. The maximum Gasteiger partial charge on any atom is 0.192 e. The van der Waals surface area contributed by atoms with Crippen molar-refractivity contribution in [2.75, 3.05) is 39.8 Å². The van der Waals surface area contributed by atoms with Gasteiger partial charge < -0.3 is 4.90 Å². The van der Waals surface area contributed by atoms with Crippen molar-refractivity contribution in [2.45, 2.75) is 0 Å².